The van der Waals surface area contributed by atoms with Crippen LogP contribution >= 0.6 is 0 Å². The van der Waals surface area contributed by atoms with E-state index >= 15 is 0 Å². The summed E-state index contributed by atoms with van der Waals surface area (Å²) in [6, 6.07) is 3.49. The number of alkyl halides is 6. The van der Waals surface area contributed by atoms with Crippen LogP contribution in [0.4, 0.5) is 36.8 Å². The molecule has 1 aromatic rings. The van der Waals surface area contributed by atoms with E-state index in [1.165, 1.54) is 24.3 Å². The van der Waals surface area contributed by atoms with Gasteiger partial charge < -0.3 is 10.6 Å². The number of hydrogen-bond donors (Lipinski definition) is 2. The molecular formula is C13H12F6N2O2. The van der Waals surface area contributed by atoms with Crippen LogP contribution in [0.25, 0.3) is 0 Å². The lowest BCUT2D eigenvalue weighted by Gasteiger charge is -2.34. The monoisotopic (exact) mass is 342 g/mol. The fourth-order valence-electron chi connectivity index (χ4n) is 1.58. The van der Waals surface area contributed by atoms with Crippen molar-refractivity contribution in [2.24, 2.45) is 0 Å². The van der Waals surface area contributed by atoms with E-state index in [1.807, 2.05) is 5.32 Å². The lowest BCUT2D eigenvalue weighted by molar-refractivity contribution is -0.297. The van der Waals surface area contributed by atoms with E-state index in [9.17, 15) is 35.9 Å². The van der Waals surface area contributed by atoms with E-state index in [0.29, 0.717) is 0 Å². The Morgan fingerprint density at radius 2 is 1.43 bits per heavy atom. The summed E-state index contributed by atoms with van der Waals surface area (Å²) in [5.74, 6) is -0.518. The van der Waals surface area contributed by atoms with E-state index in [4.69, 9.17) is 0 Å². The van der Waals surface area contributed by atoms with Crippen molar-refractivity contribution in [2.75, 3.05) is 5.32 Å². The molecule has 0 saturated carbocycles. The van der Waals surface area contributed by atoms with Crippen molar-refractivity contribution in [3.63, 3.8) is 0 Å². The first-order valence-electron chi connectivity index (χ1n) is 6.12. The van der Waals surface area contributed by atoms with Gasteiger partial charge in [0.2, 0.25) is 5.54 Å². The zero-order valence-electron chi connectivity index (χ0n) is 11.9. The first kappa shape index (κ1) is 18.8. The average Bonchev–Trinajstić information content (AvgIpc) is 2.36. The van der Waals surface area contributed by atoms with Crippen LogP contribution in [0.2, 0.25) is 0 Å². The third-order valence-electron chi connectivity index (χ3n) is 3.05. The van der Waals surface area contributed by atoms with Crippen molar-refractivity contribution in [2.45, 2.75) is 31.7 Å². The third-order valence-corrected chi connectivity index (χ3v) is 3.05. The molecule has 23 heavy (non-hydrogen) atoms. The minimum Gasteiger partial charge on any atom is -0.316 e. The van der Waals surface area contributed by atoms with Crippen LogP contribution < -0.4 is 10.6 Å². The van der Waals surface area contributed by atoms with Gasteiger partial charge in [-0.2, -0.15) is 26.3 Å². The van der Waals surface area contributed by atoms with Gasteiger partial charge in [0.15, 0.2) is 5.78 Å². The highest BCUT2D eigenvalue weighted by Gasteiger charge is 2.68. The SMILES string of the molecule is CC(=O)c1ccccc1NC(=O)NC(C)(C(F)(F)F)C(F)(F)F. The number of hydrogen-bond acceptors (Lipinski definition) is 2. The molecule has 0 atom stereocenters. The summed E-state index contributed by atoms with van der Waals surface area (Å²) in [5, 5.41) is 2.70. The molecule has 10 heteroatoms. The molecule has 0 saturated heterocycles. The van der Waals surface area contributed by atoms with E-state index in [-0.39, 0.29) is 18.2 Å². The Morgan fingerprint density at radius 3 is 1.87 bits per heavy atom. The van der Waals surface area contributed by atoms with Gasteiger partial charge in [0.25, 0.3) is 0 Å². The van der Waals surface area contributed by atoms with Gasteiger partial charge in [-0.25, -0.2) is 4.79 Å². The first-order valence-corrected chi connectivity index (χ1v) is 6.12. The molecule has 0 aromatic heterocycles. The lowest BCUT2D eigenvalue weighted by Crippen LogP contribution is -2.66. The van der Waals surface area contributed by atoms with Gasteiger partial charge in [-0.05, 0) is 26.0 Å². The first-order chi connectivity index (χ1) is 10.3. The van der Waals surface area contributed by atoms with Crippen LogP contribution in [-0.4, -0.2) is 29.7 Å². The maximum Gasteiger partial charge on any atom is 0.420 e. The van der Waals surface area contributed by atoms with E-state index in [0.717, 1.165) is 12.2 Å². The Labute approximate surface area is 126 Å². The Bertz CT molecular complexity index is 595. The molecule has 0 aliphatic rings. The van der Waals surface area contributed by atoms with Gasteiger partial charge >= 0.3 is 18.4 Å². The Balaban J connectivity index is 3.06. The molecule has 0 fully saturated rings. The van der Waals surface area contributed by atoms with E-state index < -0.39 is 29.7 Å². The van der Waals surface area contributed by atoms with Crippen LogP contribution in [0.3, 0.4) is 0 Å². The number of rotatable bonds is 3. The number of anilines is 1. The van der Waals surface area contributed by atoms with Crippen LogP contribution in [0.1, 0.15) is 24.2 Å². The standard InChI is InChI=1S/C13H12F6N2O2/c1-7(22)8-5-3-4-6-9(8)20-10(23)21-11(2,12(14,15)16)13(17,18)19/h3-6H,1-2H3,(H2,20,21,23). The zero-order valence-corrected chi connectivity index (χ0v) is 11.9. The molecule has 1 rings (SSSR count). The maximum atomic E-state index is 12.7. The topological polar surface area (TPSA) is 58.2 Å². The number of ketones is 1. The fourth-order valence-corrected chi connectivity index (χ4v) is 1.58. The van der Waals surface area contributed by atoms with Gasteiger partial charge in [0.1, 0.15) is 0 Å². The second-order valence-electron chi connectivity index (χ2n) is 4.80. The zero-order chi connectivity index (χ0) is 18.1. The molecule has 1 aromatic carbocycles. The summed E-state index contributed by atoms with van der Waals surface area (Å²) >= 11 is 0. The highest BCUT2D eigenvalue weighted by Crippen LogP contribution is 2.42. The number of carbonyl (C=O) groups is 2. The number of para-hydroxylation sites is 1. The highest BCUT2D eigenvalue weighted by atomic mass is 19.4. The molecule has 0 unspecified atom stereocenters. The average molecular weight is 342 g/mol. The minimum absolute atomic E-state index is 0.0524. The second kappa shape index (κ2) is 6.09. The molecule has 0 aliphatic heterocycles. The summed E-state index contributed by atoms with van der Waals surface area (Å²) in [6.45, 7) is 0.942. The third kappa shape index (κ3) is 3.93. The molecule has 4 nitrogen and oxygen atoms in total. The largest absolute Gasteiger partial charge is 0.420 e. The van der Waals surface area contributed by atoms with Gasteiger partial charge in [-0.1, -0.05) is 12.1 Å². The Kier molecular flexibility index (Phi) is 4.97. The number of urea groups is 1. The number of nitrogens with one attached hydrogen (secondary N) is 2. The van der Waals surface area contributed by atoms with Gasteiger partial charge in [-0.15, -0.1) is 0 Å². The van der Waals surface area contributed by atoms with Gasteiger partial charge in [-0.3, -0.25) is 4.79 Å². The lowest BCUT2D eigenvalue weighted by atomic mass is 10.0. The van der Waals surface area contributed by atoms with Crippen LogP contribution in [0.5, 0.6) is 0 Å². The van der Waals surface area contributed by atoms with E-state index in [2.05, 4.69) is 0 Å². The molecule has 0 heterocycles. The molecule has 2 amide bonds. The minimum atomic E-state index is -5.76. The summed E-state index contributed by atoms with van der Waals surface area (Å²) in [4.78, 5) is 22.9. The molecule has 0 aliphatic carbocycles. The molecule has 0 radical (unpaired) electrons. The summed E-state index contributed by atoms with van der Waals surface area (Å²) in [5.41, 5.74) is -4.69. The second-order valence-corrected chi connectivity index (χ2v) is 4.80. The van der Waals surface area contributed by atoms with Crippen LogP contribution in [0.15, 0.2) is 24.3 Å². The van der Waals surface area contributed by atoms with Crippen molar-refractivity contribution in [1.82, 2.24) is 5.32 Å². The molecule has 128 valence electrons. The smallest absolute Gasteiger partial charge is 0.316 e. The van der Waals surface area contributed by atoms with Crippen molar-refractivity contribution in [3.8, 4) is 0 Å². The Hall–Kier alpha value is -2.26. The number of carbonyl (C=O) groups excluding carboxylic acids is 2. The maximum absolute atomic E-state index is 12.7. The van der Waals surface area contributed by atoms with Gasteiger partial charge in [0, 0.05) is 5.56 Å². The predicted molar refractivity (Wildman–Crippen MR) is 69.1 cm³/mol. The predicted octanol–water partition coefficient (Wildman–Crippen LogP) is 3.89. The molecular weight excluding hydrogens is 330 g/mol. The van der Waals surface area contributed by atoms with Crippen LogP contribution in [-0.2, 0) is 0 Å². The van der Waals surface area contributed by atoms with Crippen molar-refractivity contribution >= 4 is 17.5 Å². The van der Waals surface area contributed by atoms with E-state index in [1.54, 1.807) is 0 Å². The molecule has 0 bridgehead atoms. The number of amides is 2. The van der Waals surface area contributed by atoms with Crippen LogP contribution in [0, 0.1) is 0 Å². The number of Topliss-reactive ketones (excluding diaryl/α,β-unsaturated/α-hetero) is 1. The molecule has 2 N–H and O–H groups in total. The summed E-state index contributed by atoms with van der Waals surface area (Å²) in [7, 11) is 0. The number of benzene rings is 1. The fraction of sp³-hybridized carbons (Fsp3) is 0.385. The van der Waals surface area contributed by atoms with Gasteiger partial charge in [0.05, 0.1) is 5.69 Å². The van der Waals surface area contributed by atoms with Crippen molar-refractivity contribution in [3.05, 3.63) is 29.8 Å². The Morgan fingerprint density at radius 1 is 0.957 bits per heavy atom. The van der Waals surface area contributed by atoms with Crippen molar-refractivity contribution in [1.29, 1.82) is 0 Å². The quantitative estimate of drug-likeness (QED) is 0.647. The summed E-state index contributed by atoms with van der Waals surface area (Å²) in [6.07, 6.45) is -11.5. The normalized spacial score (nSPS) is 12.7. The molecule has 0 spiro atoms. The highest BCUT2D eigenvalue weighted by molar-refractivity contribution is 6.03. The summed E-state index contributed by atoms with van der Waals surface area (Å²) < 4.78 is 76.1. The number of halogens is 6. The van der Waals surface area contributed by atoms with Crippen molar-refractivity contribution < 1.29 is 35.9 Å².